The van der Waals surface area contributed by atoms with E-state index in [0.29, 0.717) is 25.3 Å². The van der Waals surface area contributed by atoms with Gasteiger partial charge >= 0.3 is 0 Å². The van der Waals surface area contributed by atoms with E-state index in [0.717, 1.165) is 28.9 Å². The van der Waals surface area contributed by atoms with Crippen molar-refractivity contribution in [2.45, 2.75) is 36.1 Å². The molecule has 9 heteroatoms. The molecule has 1 saturated heterocycles. The first kappa shape index (κ1) is 21.9. The van der Waals surface area contributed by atoms with Crippen LogP contribution in [0.2, 0.25) is 0 Å². The molecule has 2 aliphatic rings. The summed E-state index contributed by atoms with van der Waals surface area (Å²) in [6.07, 6.45) is 1.71. The molecule has 2 aromatic rings. The van der Waals surface area contributed by atoms with E-state index in [9.17, 15) is 18.0 Å². The van der Waals surface area contributed by atoms with Gasteiger partial charge in [-0.15, -0.1) is 11.8 Å². The molecule has 0 spiro atoms. The zero-order valence-electron chi connectivity index (χ0n) is 17.3. The van der Waals surface area contributed by atoms with Crippen LogP contribution in [0.25, 0.3) is 0 Å². The zero-order chi connectivity index (χ0) is 22.0. The number of anilines is 1. The maximum Gasteiger partial charge on any atom is 0.243 e. The molecule has 2 aliphatic heterocycles. The van der Waals surface area contributed by atoms with Crippen molar-refractivity contribution in [2.75, 3.05) is 30.3 Å². The maximum absolute atomic E-state index is 13.0. The summed E-state index contributed by atoms with van der Waals surface area (Å²) in [5, 5.41) is 2.84. The predicted molar refractivity (Wildman–Crippen MR) is 121 cm³/mol. The number of carbonyl (C=O) groups is 2. The number of benzene rings is 2. The van der Waals surface area contributed by atoms with E-state index in [1.165, 1.54) is 27.0 Å². The highest BCUT2D eigenvalue weighted by atomic mass is 32.2. The van der Waals surface area contributed by atoms with Crippen LogP contribution in [0, 0.1) is 6.92 Å². The van der Waals surface area contributed by atoms with Crippen LogP contribution >= 0.6 is 11.8 Å². The number of rotatable bonds is 6. The topological polar surface area (TPSA) is 86.8 Å². The number of thioether (sulfide) groups is 1. The second-order valence-electron chi connectivity index (χ2n) is 7.77. The van der Waals surface area contributed by atoms with E-state index in [2.05, 4.69) is 5.32 Å². The van der Waals surface area contributed by atoms with Gasteiger partial charge < -0.3 is 10.2 Å². The lowest BCUT2D eigenvalue weighted by molar-refractivity contribution is -0.123. The smallest absolute Gasteiger partial charge is 0.243 e. The Morgan fingerprint density at radius 3 is 2.52 bits per heavy atom. The minimum atomic E-state index is -3.61. The number of hydrogen-bond acceptors (Lipinski definition) is 5. The molecule has 0 radical (unpaired) electrons. The first-order chi connectivity index (χ1) is 14.8. The molecule has 7 nitrogen and oxygen atoms in total. The van der Waals surface area contributed by atoms with Gasteiger partial charge in [-0.2, -0.15) is 4.31 Å². The van der Waals surface area contributed by atoms with E-state index in [1.807, 2.05) is 31.2 Å². The highest BCUT2D eigenvalue weighted by Crippen LogP contribution is 2.37. The summed E-state index contributed by atoms with van der Waals surface area (Å²) in [6.45, 7) is 3.24. The molecule has 0 atom stereocenters. The fourth-order valence-electron chi connectivity index (χ4n) is 3.70. The highest BCUT2D eigenvalue weighted by molar-refractivity contribution is 8.00. The molecule has 0 aromatic heterocycles. The predicted octanol–water partition coefficient (Wildman–Crippen LogP) is 2.53. The lowest BCUT2D eigenvalue weighted by Gasteiger charge is -2.29. The molecule has 31 heavy (non-hydrogen) atoms. The Balaban J connectivity index is 1.52. The zero-order valence-corrected chi connectivity index (χ0v) is 19.0. The van der Waals surface area contributed by atoms with Crippen LogP contribution in [0.3, 0.4) is 0 Å². The van der Waals surface area contributed by atoms with Gasteiger partial charge in [0.1, 0.15) is 6.54 Å². The number of amides is 2. The third kappa shape index (κ3) is 4.78. The number of aryl methyl sites for hydroxylation is 1. The second kappa shape index (κ2) is 9.02. The number of hydrogen-bond donors (Lipinski definition) is 1. The van der Waals surface area contributed by atoms with Crippen molar-refractivity contribution in [3.8, 4) is 0 Å². The molecule has 1 fully saturated rings. The largest absolute Gasteiger partial charge is 0.350 e. The Morgan fingerprint density at radius 1 is 1.10 bits per heavy atom. The van der Waals surface area contributed by atoms with Crippen LogP contribution < -0.4 is 10.2 Å². The molecule has 0 saturated carbocycles. The van der Waals surface area contributed by atoms with Crippen LogP contribution in [0.4, 0.5) is 5.69 Å². The molecular weight excluding hydrogens is 434 g/mol. The minimum absolute atomic E-state index is 0.147. The SMILES string of the molecule is Cc1ccc(CNC(=O)CN2C(=O)CSc3ccc(S(=O)(=O)N4CCCC4)cc32)cc1. The summed E-state index contributed by atoms with van der Waals surface area (Å²) in [5.74, 6) is -0.283. The Morgan fingerprint density at radius 2 is 1.81 bits per heavy atom. The first-order valence-electron chi connectivity index (χ1n) is 10.2. The number of carbonyl (C=O) groups excluding carboxylic acids is 2. The van der Waals surface area contributed by atoms with Crippen molar-refractivity contribution in [3.63, 3.8) is 0 Å². The Kier molecular flexibility index (Phi) is 6.36. The van der Waals surface area contributed by atoms with Crippen molar-refractivity contribution in [3.05, 3.63) is 53.6 Å². The normalized spacial score (nSPS) is 16.9. The summed E-state index contributed by atoms with van der Waals surface area (Å²) in [5.41, 5.74) is 2.59. The fraction of sp³-hybridized carbons (Fsp3) is 0.364. The van der Waals surface area contributed by atoms with Gasteiger partial charge in [-0.3, -0.25) is 9.59 Å². The van der Waals surface area contributed by atoms with Crippen molar-refractivity contribution in [1.82, 2.24) is 9.62 Å². The van der Waals surface area contributed by atoms with E-state index in [4.69, 9.17) is 0 Å². The van der Waals surface area contributed by atoms with Gasteiger partial charge in [0.15, 0.2) is 0 Å². The molecule has 1 N–H and O–H groups in total. The van der Waals surface area contributed by atoms with Crippen LogP contribution in [0.1, 0.15) is 24.0 Å². The van der Waals surface area contributed by atoms with Gasteiger partial charge in [-0.1, -0.05) is 29.8 Å². The van der Waals surface area contributed by atoms with Gasteiger partial charge in [-0.05, 0) is 43.5 Å². The van der Waals surface area contributed by atoms with Crippen molar-refractivity contribution in [2.24, 2.45) is 0 Å². The summed E-state index contributed by atoms with van der Waals surface area (Å²) >= 11 is 1.36. The molecule has 2 aromatic carbocycles. The molecule has 2 amide bonds. The standard InChI is InChI=1S/C22H25N3O4S2/c1-16-4-6-17(7-5-16)13-23-21(26)14-25-19-12-18(8-9-20(19)30-15-22(25)27)31(28,29)24-10-2-3-11-24/h4-9,12H,2-3,10-11,13-15H2,1H3,(H,23,26). The molecule has 4 rings (SSSR count). The molecule has 0 unspecified atom stereocenters. The van der Waals surface area contributed by atoms with E-state index in [-0.39, 0.29) is 29.0 Å². The summed E-state index contributed by atoms with van der Waals surface area (Å²) in [7, 11) is -3.61. The lowest BCUT2D eigenvalue weighted by atomic mass is 10.1. The second-order valence-corrected chi connectivity index (χ2v) is 10.7. The monoisotopic (exact) mass is 459 g/mol. The molecule has 164 valence electrons. The van der Waals surface area contributed by atoms with E-state index in [1.54, 1.807) is 12.1 Å². The highest BCUT2D eigenvalue weighted by Gasteiger charge is 2.31. The number of fused-ring (bicyclic) bond motifs is 1. The first-order valence-corrected chi connectivity index (χ1v) is 12.7. The van der Waals surface area contributed by atoms with Gasteiger partial charge in [0, 0.05) is 24.5 Å². The maximum atomic E-state index is 13.0. The Labute approximate surface area is 186 Å². The molecule has 0 aliphatic carbocycles. The number of sulfonamides is 1. The van der Waals surface area contributed by atoms with Gasteiger partial charge in [0.2, 0.25) is 21.8 Å². The van der Waals surface area contributed by atoms with Crippen LogP contribution in [0.15, 0.2) is 52.3 Å². The lowest BCUT2D eigenvalue weighted by Crippen LogP contribution is -2.43. The third-order valence-corrected chi connectivity index (χ3v) is 8.43. The minimum Gasteiger partial charge on any atom is -0.350 e. The van der Waals surface area contributed by atoms with Gasteiger partial charge in [0.25, 0.3) is 0 Å². The summed E-state index contributed by atoms with van der Waals surface area (Å²) < 4.78 is 27.4. The van der Waals surface area contributed by atoms with Gasteiger partial charge in [0.05, 0.1) is 16.3 Å². The molecular formula is C22H25N3O4S2. The van der Waals surface area contributed by atoms with Crippen LogP contribution in [-0.4, -0.2) is 49.9 Å². The van der Waals surface area contributed by atoms with Crippen molar-refractivity contribution in [1.29, 1.82) is 0 Å². The van der Waals surface area contributed by atoms with Crippen molar-refractivity contribution >= 4 is 39.3 Å². The summed E-state index contributed by atoms with van der Waals surface area (Å²) in [6, 6.07) is 12.7. The van der Waals surface area contributed by atoms with Gasteiger partial charge in [-0.25, -0.2) is 8.42 Å². The molecule has 2 heterocycles. The van der Waals surface area contributed by atoms with Crippen LogP contribution in [0.5, 0.6) is 0 Å². The number of nitrogens with zero attached hydrogens (tertiary/aromatic N) is 2. The Bertz CT molecular complexity index is 1090. The van der Waals surface area contributed by atoms with E-state index < -0.39 is 10.0 Å². The number of nitrogens with one attached hydrogen (secondary N) is 1. The van der Waals surface area contributed by atoms with Crippen LogP contribution in [-0.2, 0) is 26.2 Å². The fourth-order valence-corrected chi connectivity index (χ4v) is 6.15. The average Bonchev–Trinajstić information content (AvgIpc) is 3.31. The molecule has 0 bridgehead atoms. The average molecular weight is 460 g/mol. The summed E-state index contributed by atoms with van der Waals surface area (Å²) in [4.78, 5) is 27.5. The Hall–Kier alpha value is -2.36. The van der Waals surface area contributed by atoms with Crippen molar-refractivity contribution < 1.29 is 18.0 Å². The van der Waals surface area contributed by atoms with E-state index >= 15 is 0 Å². The third-order valence-electron chi connectivity index (χ3n) is 5.49. The quantitative estimate of drug-likeness (QED) is 0.717.